The fourth-order valence-electron chi connectivity index (χ4n) is 3.08. The van der Waals surface area contributed by atoms with Crippen molar-refractivity contribution < 1.29 is 17.6 Å². The van der Waals surface area contributed by atoms with Crippen LogP contribution >= 0.6 is 0 Å². The lowest BCUT2D eigenvalue weighted by Gasteiger charge is -2.38. The van der Waals surface area contributed by atoms with Crippen molar-refractivity contribution in [3.05, 3.63) is 35.1 Å². The second-order valence-electron chi connectivity index (χ2n) is 6.14. The molecule has 122 valence electrons. The molecule has 0 radical (unpaired) electrons. The van der Waals surface area contributed by atoms with Gasteiger partial charge in [-0.3, -0.25) is 4.79 Å². The van der Waals surface area contributed by atoms with Crippen LogP contribution in [0.4, 0.5) is 4.39 Å². The van der Waals surface area contributed by atoms with E-state index < -0.39 is 20.3 Å². The summed E-state index contributed by atoms with van der Waals surface area (Å²) in [5, 5.41) is -0.895. The zero-order valence-electron chi connectivity index (χ0n) is 13.1. The van der Waals surface area contributed by atoms with E-state index in [1.54, 1.807) is 31.7 Å². The molecule has 1 saturated heterocycles. The Morgan fingerprint density at radius 3 is 2.59 bits per heavy atom. The van der Waals surface area contributed by atoms with Crippen molar-refractivity contribution in [2.75, 3.05) is 6.54 Å². The van der Waals surface area contributed by atoms with Crippen LogP contribution in [-0.2, 0) is 14.6 Å². The molecule has 2 atom stereocenters. The van der Waals surface area contributed by atoms with Gasteiger partial charge in [0.05, 0.1) is 16.5 Å². The molecule has 1 aromatic carbocycles. The normalized spacial score (nSPS) is 22.9. The smallest absolute Gasteiger partial charge is 0.210 e. The third kappa shape index (κ3) is 3.16. The molecule has 4 nitrogen and oxygen atoms in total. The van der Waals surface area contributed by atoms with Crippen molar-refractivity contribution in [1.29, 1.82) is 0 Å². The lowest BCUT2D eigenvalue weighted by atomic mass is 9.92. The minimum absolute atomic E-state index is 0.314. The largest absolute Gasteiger partial charge is 0.338 e. The Bertz CT molecular complexity index is 657. The number of nitrogens with zero attached hydrogens (tertiary/aromatic N) is 1. The Morgan fingerprint density at radius 1 is 1.36 bits per heavy atom. The van der Waals surface area contributed by atoms with E-state index in [2.05, 4.69) is 0 Å². The summed E-state index contributed by atoms with van der Waals surface area (Å²) in [6.07, 6.45) is 1.58. The second-order valence-corrected chi connectivity index (χ2v) is 8.93. The Hall–Kier alpha value is -1.43. The number of piperidine rings is 1. The molecule has 0 bridgehead atoms. The molecule has 6 heteroatoms. The van der Waals surface area contributed by atoms with Crippen LogP contribution in [0.1, 0.15) is 43.9 Å². The Morgan fingerprint density at radius 2 is 2.05 bits per heavy atom. The van der Waals surface area contributed by atoms with E-state index in [9.17, 15) is 17.6 Å². The highest BCUT2D eigenvalue weighted by Crippen LogP contribution is 2.35. The second kappa shape index (κ2) is 6.36. The average molecular weight is 327 g/mol. The Kier molecular flexibility index (Phi) is 4.90. The summed E-state index contributed by atoms with van der Waals surface area (Å²) in [5.74, 6) is -0.332. The Labute approximate surface area is 131 Å². The summed E-state index contributed by atoms with van der Waals surface area (Å²) >= 11 is 0. The molecule has 2 rings (SSSR count). The molecule has 1 amide bonds. The maximum atomic E-state index is 13.3. The number of aryl methyl sites for hydroxylation is 1. The van der Waals surface area contributed by atoms with Crippen LogP contribution < -0.4 is 0 Å². The lowest BCUT2D eigenvalue weighted by Crippen LogP contribution is -2.43. The van der Waals surface area contributed by atoms with Crippen LogP contribution in [0.5, 0.6) is 0 Å². The zero-order chi connectivity index (χ0) is 16.5. The Balaban J connectivity index is 2.36. The summed E-state index contributed by atoms with van der Waals surface area (Å²) in [5.41, 5.74) is 1.55. The van der Waals surface area contributed by atoms with Gasteiger partial charge >= 0.3 is 0 Å². The minimum atomic E-state index is -3.21. The van der Waals surface area contributed by atoms with Crippen LogP contribution in [0.25, 0.3) is 0 Å². The fourth-order valence-corrected chi connectivity index (χ4v) is 4.73. The number of hydrogen-bond acceptors (Lipinski definition) is 3. The predicted octanol–water partition coefficient (Wildman–Crippen LogP) is 2.62. The van der Waals surface area contributed by atoms with E-state index >= 15 is 0 Å². The molecular weight excluding hydrogens is 305 g/mol. The van der Waals surface area contributed by atoms with E-state index in [4.69, 9.17) is 0 Å². The summed E-state index contributed by atoms with van der Waals surface area (Å²) in [7, 11) is -3.21. The van der Waals surface area contributed by atoms with Crippen molar-refractivity contribution in [2.24, 2.45) is 0 Å². The van der Waals surface area contributed by atoms with Crippen molar-refractivity contribution in [2.45, 2.75) is 50.2 Å². The van der Waals surface area contributed by atoms with Gasteiger partial charge in [0.15, 0.2) is 9.84 Å². The van der Waals surface area contributed by atoms with Crippen LogP contribution in [0.15, 0.2) is 18.2 Å². The number of hydrogen-bond donors (Lipinski definition) is 0. The topological polar surface area (TPSA) is 54.5 Å². The number of amides is 1. The first-order valence-corrected chi connectivity index (χ1v) is 9.08. The zero-order valence-corrected chi connectivity index (χ0v) is 13.9. The van der Waals surface area contributed by atoms with Crippen LogP contribution in [-0.4, -0.2) is 36.8 Å². The number of likely N-dealkylation sites (tertiary alicyclic amines) is 1. The van der Waals surface area contributed by atoms with Crippen molar-refractivity contribution in [3.8, 4) is 0 Å². The molecule has 0 aliphatic carbocycles. The van der Waals surface area contributed by atoms with E-state index in [-0.39, 0.29) is 11.9 Å². The van der Waals surface area contributed by atoms with Gasteiger partial charge in [0.25, 0.3) is 0 Å². The quantitative estimate of drug-likeness (QED) is 0.799. The van der Waals surface area contributed by atoms with Crippen LogP contribution in [0.2, 0.25) is 0 Å². The first kappa shape index (κ1) is 16.9. The van der Waals surface area contributed by atoms with Crippen molar-refractivity contribution in [1.82, 2.24) is 4.90 Å². The van der Waals surface area contributed by atoms with E-state index in [1.807, 2.05) is 0 Å². The van der Waals surface area contributed by atoms with Gasteiger partial charge in [-0.2, -0.15) is 0 Å². The standard InChI is InChI=1S/C16H22FNO3S/c1-11(2)22(20,21)14-6-7-18(10-19)16(9-14)15-5-4-13(17)8-12(15)3/h4-5,8,10-11,14,16H,6-7,9H2,1-3H3. The molecule has 22 heavy (non-hydrogen) atoms. The molecule has 0 aromatic heterocycles. The summed E-state index contributed by atoms with van der Waals surface area (Å²) in [4.78, 5) is 12.9. The predicted molar refractivity (Wildman–Crippen MR) is 83.7 cm³/mol. The molecule has 2 unspecified atom stereocenters. The third-order valence-corrected chi connectivity index (χ3v) is 7.12. The van der Waals surface area contributed by atoms with Gasteiger partial charge in [0.2, 0.25) is 6.41 Å². The molecule has 1 aliphatic rings. The number of rotatable bonds is 4. The van der Waals surface area contributed by atoms with Crippen molar-refractivity contribution >= 4 is 16.2 Å². The number of halogens is 1. The maximum Gasteiger partial charge on any atom is 0.210 e. The monoisotopic (exact) mass is 327 g/mol. The van der Waals surface area contributed by atoms with E-state index in [0.29, 0.717) is 19.4 Å². The van der Waals surface area contributed by atoms with E-state index in [0.717, 1.165) is 17.5 Å². The van der Waals surface area contributed by atoms with Gasteiger partial charge in [-0.05, 0) is 56.9 Å². The minimum Gasteiger partial charge on any atom is -0.338 e. The SMILES string of the molecule is Cc1cc(F)ccc1C1CC(S(=O)(=O)C(C)C)CCN1C=O. The highest BCUT2D eigenvalue weighted by Gasteiger charge is 2.37. The van der Waals surface area contributed by atoms with Crippen LogP contribution in [0.3, 0.4) is 0 Å². The molecule has 1 heterocycles. The highest BCUT2D eigenvalue weighted by molar-refractivity contribution is 7.92. The maximum absolute atomic E-state index is 13.3. The van der Waals surface area contributed by atoms with Gasteiger partial charge in [0.1, 0.15) is 5.82 Å². The first-order chi connectivity index (χ1) is 10.3. The third-order valence-electron chi connectivity index (χ3n) is 4.44. The van der Waals surface area contributed by atoms with E-state index in [1.165, 1.54) is 12.1 Å². The number of benzene rings is 1. The van der Waals surface area contributed by atoms with Gasteiger partial charge in [-0.1, -0.05) is 6.07 Å². The summed E-state index contributed by atoms with van der Waals surface area (Å²) in [6, 6.07) is 4.10. The van der Waals surface area contributed by atoms with Gasteiger partial charge in [-0.15, -0.1) is 0 Å². The summed E-state index contributed by atoms with van der Waals surface area (Å²) in [6.45, 7) is 5.54. The van der Waals surface area contributed by atoms with Crippen LogP contribution in [0, 0.1) is 12.7 Å². The number of sulfone groups is 1. The number of carbonyl (C=O) groups is 1. The number of carbonyl (C=O) groups excluding carboxylic acids is 1. The van der Waals surface area contributed by atoms with Gasteiger partial charge in [0, 0.05) is 6.54 Å². The summed E-state index contributed by atoms with van der Waals surface area (Å²) < 4.78 is 38.1. The van der Waals surface area contributed by atoms with Gasteiger partial charge in [-0.25, -0.2) is 12.8 Å². The first-order valence-electron chi connectivity index (χ1n) is 7.47. The van der Waals surface area contributed by atoms with Gasteiger partial charge < -0.3 is 4.90 Å². The molecule has 0 spiro atoms. The highest BCUT2D eigenvalue weighted by atomic mass is 32.2. The van der Waals surface area contributed by atoms with Crippen molar-refractivity contribution in [3.63, 3.8) is 0 Å². The molecule has 0 saturated carbocycles. The molecule has 1 fully saturated rings. The fraction of sp³-hybridized carbons (Fsp3) is 0.562. The molecule has 1 aromatic rings. The molecule has 1 aliphatic heterocycles. The average Bonchev–Trinajstić information content (AvgIpc) is 2.46. The lowest BCUT2D eigenvalue weighted by molar-refractivity contribution is -0.121. The molecular formula is C16H22FNO3S. The molecule has 0 N–H and O–H groups in total.